The minimum absolute atomic E-state index is 0.101. The van der Waals surface area contributed by atoms with Gasteiger partial charge in [0.2, 0.25) is 0 Å². The first-order chi connectivity index (χ1) is 8.34. The molecule has 1 aromatic carbocycles. The van der Waals surface area contributed by atoms with Crippen molar-refractivity contribution in [2.45, 2.75) is 31.4 Å². The third kappa shape index (κ3) is 4.18. The van der Waals surface area contributed by atoms with Gasteiger partial charge in [-0.05, 0) is 32.4 Å². The van der Waals surface area contributed by atoms with Gasteiger partial charge in [0.1, 0.15) is 0 Å². The fraction of sp³-hybridized carbons (Fsp3) is 0.538. The van der Waals surface area contributed by atoms with E-state index in [9.17, 15) is 8.42 Å². The van der Waals surface area contributed by atoms with Crippen molar-refractivity contribution in [3.8, 4) is 0 Å². The maximum atomic E-state index is 11.7. The maximum Gasteiger partial charge on any atom is 0.154 e. The lowest BCUT2D eigenvalue weighted by molar-refractivity contribution is 0.588. The summed E-state index contributed by atoms with van der Waals surface area (Å²) in [5, 5.41) is 2.71. The van der Waals surface area contributed by atoms with Gasteiger partial charge in [0.15, 0.2) is 9.84 Å². The van der Waals surface area contributed by atoms with Gasteiger partial charge in [0, 0.05) is 12.2 Å². The SMILES string of the molecule is CC(Cl)c1ccccc1NCCS(=O)(=O)C(C)C. The topological polar surface area (TPSA) is 46.2 Å². The molecular weight excluding hydrogens is 270 g/mol. The lowest BCUT2D eigenvalue weighted by Gasteiger charge is -2.14. The molecule has 102 valence electrons. The Hall–Kier alpha value is -0.740. The zero-order valence-corrected chi connectivity index (χ0v) is 12.6. The van der Waals surface area contributed by atoms with Crippen LogP contribution >= 0.6 is 11.6 Å². The first kappa shape index (κ1) is 15.3. The van der Waals surface area contributed by atoms with Crippen molar-refractivity contribution in [3.63, 3.8) is 0 Å². The predicted octanol–water partition coefficient (Wildman–Crippen LogP) is 3.22. The average Bonchev–Trinajstić information content (AvgIpc) is 2.29. The highest BCUT2D eigenvalue weighted by atomic mass is 35.5. The number of rotatable bonds is 6. The number of sulfone groups is 1. The molecule has 0 spiro atoms. The van der Waals surface area contributed by atoms with E-state index >= 15 is 0 Å². The molecule has 18 heavy (non-hydrogen) atoms. The van der Waals surface area contributed by atoms with Crippen molar-refractivity contribution in [2.24, 2.45) is 0 Å². The van der Waals surface area contributed by atoms with Crippen molar-refractivity contribution >= 4 is 27.1 Å². The van der Waals surface area contributed by atoms with Gasteiger partial charge in [-0.1, -0.05) is 18.2 Å². The molecule has 0 fully saturated rings. The van der Waals surface area contributed by atoms with Crippen molar-refractivity contribution in [2.75, 3.05) is 17.6 Å². The van der Waals surface area contributed by atoms with Crippen molar-refractivity contribution in [1.29, 1.82) is 0 Å². The van der Waals surface area contributed by atoms with Crippen molar-refractivity contribution < 1.29 is 8.42 Å². The molecule has 0 saturated carbocycles. The highest BCUT2D eigenvalue weighted by molar-refractivity contribution is 7.92. The molecule has 1 aromatic rings. The van der Waals surface area contributed by atoms with Crippen LogP contribution in [0.4, 0.5) is 5.69 Å². The lowest BCUT2D eigenvalue weighted by Crippen LogP contribution is -2.23. The third-order valence-corrected chi connectivity index (χ3v) is 5.25. The van der Waals surface area contributed by atoms with Gasteiger partial charge in [0.25, 0.3) is 0 Å². The Morgan fingerprint density at radius 1 is 1.22 bits per heavy atom. The van der Waals surface area contributed by atoms with E-state index in [0.717, 1.165) is 11.3 Å². The van der Waals surface area contributed by atoms with Gasteiger partial charge in [0.05, 0.1) is 16.4 Å². The summed E-state index contributed by atoms with van der Waals surface area (Å²) in [5.74, 6) is 0.135. The van der Waals surface area contributed by atoms with Crippen LogP contribution in [0.1, 0.15) is 31.7 Å². The number of para-hydroxylation sites is 1. The van der Waals surface area contributed by atoms with Crippen LogP contribution < -0.4 is 5.32 Å². The molecule has 0 amide bonds. The Morgan fingerprint density at radius 2 is 1.83 bits per heavy atom. The summed E-state index contributed by atoms with van der Waals surface area (Å²) in [7, 11) is -3.00. The fourth-order valence-corrected chi connectivity index (χ4v) is 2.62. The largest absolute Gasteiger partial charge is 0.384 e. The third-order valence-electron chi connectivity index (χ3n) is 2.81. The Labute approximate surface area is 114 Å². The van der Waals surface area contributed by atoms with Crippen molar-refractivity contribution in [1.82, 2.24) is 0 Å². The van der Waals surface area contributed by atoms with Gasteiger partial charge < -0.3 is 5.32 Å². The fourth-order valence-electron chi connectivity index (χ4n) is 1.57. The Balaban J connectivity index is 2.65. The van der Waals surface area contributed by atoms with Gasteiger partial charge in [-0.2, -0.15) is 0 Å². The summed E-state index contributed by atoms with van der Waals surface area (Å²) < 4.78 is 23.3. The van der Waals surface area contributed by atoms with E-state index < -0.39 is 9.84 Å². The van der Waals surface area contributed by atoms with Crippen LogP contribution in [-0.4, -0.2) is 26.0 Å². The number of benzene rings is 1. The van der Waals surface area contributed by atoms with Crippen LogP contribution in [-0.2, 0) is 9.84 Å². The Morgan fingerprint density at radius 3 is 2.39 bits per heavy atom. The number of nitrogens with one attached hydrogen (secondary N) is 1. The van der Waals surface area contributed by atoms with Crippen LogP contribution in [0.5, 0.6) is 0 Å². The molecule has 0 aromatic heterocycles. The molecule has 1 rings (SSSR count). The molecule has 1 unspecified atom stereocenters. The molecule has 5 heteroatoms. The monoisotopic (exact) mass is 289 g/mol. The quantitative estimate of drug-likeness (QED) is 0.818. The first-order valence-electron chi connectivity index (χ1n) is 6.03. The number of alkyl halides is 1. The number of halogens is 1. The predicted molar refractivity (Wildman–Crippen MR) is 78.1 cm³/mol. The van der Waals surface area contributed by atoms with Crippen LogP contribution in [0.2, 0.25) is 0 Å². The molecule has 0 radical (unpaired) electrons. The van der Waals surface area contributed by atoms with E-state index in [1.807, 2.05) is 31.2 Å². The molecule has 0 aliphatic heterocycles. The molecule has 0 aliphatic rings. The van der Waals surface area contributed by atoms with E-state index in [-0.39, 0.29) is 16.4 Å². The maximum absolute atomic E-state index is 11.7. The molecule has 1 N–H and O–H groups in total. The zero-order chi connectivity index (χ0) is 13.8. The lowest BCUT2D eigenvalue weighted by atomic mass is 10.1. The Bertz CT molecular complexity index is 484. The zero-order valence-electron chi connectivity index (χ0n) is 11.0. The minimum Gasteiger partial charge on any atom is -0.384 e. The summed E-state index contributed by atoms with van der Waals surface area (Å²) in [5.41, 5.74) is 1.89. The van der Waals surface area contributed by atoms with Gasteiger partial charge in [-0.25, -0.2) is 8.42 Å². The van der Waals surface area contributed by atoms with E-state index in [4.69, 9.17) is 11.6 Å². The summed E-state index contributed by atoms with van der Waals surface area (Å²) in [6.07, 6.45) is 0. The van der Waals surface area contributed by atoms with Gasteiger partial charge in [-0.3, -0.25) is 0 Å². The van der Waals surface area contributed by atoms with Crippen molar-refractivity contribution in [3.05, 3.63) is 29.8 Å². The molecule has 0 aliphatic carbocycles. The number of hydrogen-bond acceptors (Lipinski definition) is 3. The normalized spacial score (nSPS) is 13.6. The van der Waals surface area contributed by atoms with E-state index in [0.29, 0.717) is 6.54 Å². The number of hydrogen-bond donors (Lipinski definition) is 1. The highest BCUT2D eigenvalue weighted by Gasteiger charge is 2.15. The molecule has 0 bridgehead atoms. The minimum atomic E-state index is -3.00. The first-order valence-corrected chi connectivity index (χ1v) is 8.18. The summed E-state index contributed by atoms with van der Waals surface area (Å²) in [6, 6.07) is 7.68. The van der Waals surface area contributed by atoms with E-state index in [1.165, 1.54) is 0 Å². The van der Waals surface area contributed by atoms with Gasteiger partial charge >= 0.3 is 0 Å². The smallest absolute Gasteiger partial charge is 0.154 e. The summed E-state index contributed by atoms with van der Waals surface area (Å²) >= 11 is 6.07. The number of anilines is 1. The summed E-state index contributed by atoms with van der Waals surface area (Å²) in [4.78, 5) is 0. The van der Waals surface area contributed by atoms with Gasteiger partial charge in [-0.15, -0.1) is 11.6 Å². The van der Waals surface area contributed by atoms with E-state index in [1.54, 1.807) is 13.8 Å². The molecule has 0 saturated heterocycles. The van der Waals surface area contributed by atoms with Crippen LogP contribution in [0.15, 0.2) is 24.3 Å². The second-order valence-electron chi connectivity index (χ2n) is 4.55. The summed E-state index contributed by atoms with van der Waals surface area (Å²) in [6.45, 7) is 5.70. The molecular formula is C13H20ClNO2S. The second kappa shape index (κ2) is 6.43. The van der Waals surface area contributed by atoms with Crippen LogP contribution in [0.25, 0.3) is 0 Å². The highest BCUT2D eigenvalue weighted by Crippen LogP contribution is 2.26. The van der Waals surface area contributed by atoms with E-state index in [2.05, 4.69) is 5.32 Å². The van der Waals surface area contributed by atoms with Crippen LogP contribution in [0, 0.1) is 0 Å². The molecule has 0 heterocycles. The Kier molecular flexibility index (Phi) is 5.47. The standard InChI is InChI=1S/C13H20ClNO2S/c1-10(2)18(16,17)9-8-15-13-7-5-4-6-12(13)11(3)14/h4-7,10-11,15H,8-9H2,1-3H3. The molecule has 3 nitrogen and oxygen atoms in total. The molecule has 1 atom stereocenters. The van der Waals surface area contributed by atoms with Crippen LogP contribution in [0.3, 0.4) is 0 Å². The second-order valence-corrected chi connectivity index (χ2v) is 7.88. The average molecular weight is 290 g/mol.